The quantitative estimate of drug-likeness (QED) is 0.585. The molecule has 0 N–H and O–H groups in total. The van der Waals surface area contributed by atoms with Crippen LogP contribution in [-0.2, 0) is 6.61 Å². The van der Waals surface area contributed by atoms with Crippen LogP contribution in [0.2, 0.25) is 5.02 Å². The first-order valence-corrected chi connectivity index (χ1v) is 5.06. The van der Waals surface area contributed by atoms with Crippen LogP contribution in [0.4, 0.5) is 0 Å². The maximum atomic E-state index is 5.95. The molecule has 4 heteroatoms. The van der Waals surface area contributed by atoms with Crippen molar-refractivity contribution in [1.29, 1.82) is 0 Å². The van der Waals surface area contributed by atoms with Crippen molar-refractivity contribution in [3.05, 3.63) is 65.2 Å². The maximum absolute atomic E-state index is 5.95. The molecule has 0 spiro atoms. The van der Waals surface area contributed by atoms with Gasteiger partial charge in [0.2, 0.25) is 0 Å². The van der Waals surface area contributed by atoms with Crippen LogP contribution >= 0.6 is 11.6 Å². The van der Waals surface area contributed by atoms with Crippen molar-refractivity contribution in [1.82, 2.24) is 0 Å². The summed E-state index contributed by atoms with van der Waals surface area (Å²) in [4.78, 5) is 0. The van der Waals surface area contributed by atoms with Crippen molar-refractivity contribution >= 4 is 34.7 Å². The fraction of sp³-hybridized carbons (Fsp3) is 0.0769. The largest absolute Gasteiger partial charge is 2.00 e. The molecule has 0 aliphatic rings. The van der Waals surface area contributed by atoms with Crippen LogP contribution in [0, 0.1) is 6.07 Å². The third-order valence-corrected chi connectivity index (χ3v) is 2.33. The second-order valence-corrected chi connectivity index (χ2v) is 3.54. The average Bonchev–Trinajstić information content (AvgIpc) is 2.29. The third kappa shape index (κ3) is 5.30. The fourth-order valence-corrected chi connectivity index (χ4v) is 1.41. The van der Waals surface area contributed by atoms with E-state index in [-0.39, 0.29) is 40.0 Å². The van der Waals surface area contributed by atoms with Gasteiger partial charge in [-0.05, 0) is 10.6 Å². The maximum Gasteiger partial charge on any atom is 2.00 e. The van der Waals surface area contributed by atoms with E-state index >= 15 is 0 Å². The molecule has 0 aliphatic carbocycles. The summed E-state index contributed by atoms with van der Waals surface area (Å²) in [6, 6.07) is 18.2. The molecule has 0 atom stereocenters. The SMILES string of the molecule is Clc1cc[c-]cc1OCc1ccccc1.[Br-].[Mg+2]. The Labute approximate surface area is 133 Å². The summed E-state index contributed by atoms with van der Waals surface area (Å²) in [6.45, 7) is 0.526. The Morgan fingerprint density at radius 2 is 1.82 bits per heavy atom. The van der Waals surface area contributed by atoms with Crippen molar-refractivity contribution in [2.45, 2.75) is 6.61 Å². The molecule has 0 bridgehead atoms. The monoisotopic (exact) mass is 320 g/mol. The van der Waals surface area contributed by atoms with Gasteiger partial charge in [-0.3, -0.25) is 0 Å². The van der Waals surface area contributed by atoms with Gasteiger partial charge in [0.05, 0.1) is 6.61 Å². The molecular formula is C13H10BrClMgO. The molecule has 0 saturated carbocycles. The summed E-state index contributed by atoms with van der Waals surface area (Å²) in [5.41, 5.74) is 1.12. The number of hydrogen-bond acceptors (Lipinski definition) is 1. The molecule has 0 aliphatic heterocycles. The molecule has 2 aromatic rings. The van der Waals surface area contributed by atoms with Crippen molar-refractivity contribution in [3.63, 3.8) is 0 Å². The Kier molecular flexibility index (Phi) is 8.69. The molecular weight excluding hydrogens is 312 g/mol. The van der Waals surface area contributed by atoms with E-state index < -0.39 is 0 Å². The molecule has 0 radical (unpaired) electrons. The van der Waals surface area contributed by atoms with Gasteiger partial charge in [-0.15, -0.1) is 23.7 Å². The number of benzene rings is 2. The Balaban J connectivity index is 0.00000128. The van der Waals surface area contributed by atoms with Crippen LogP contribution in [0.3, 0.4) is 0 Å². The summed E-state index contributed by atoms with van der Waals surface area (Å²) >= 11 is 5.95. The first-order valence-electron chi connectivity index (χ1n) is 4.68. The molecule has 2 aromatic carbocycles. The molecule has 0 amide bonds. The molecule has 0 fully saturated rings. The Bertz CT molecular complexity index is 436. The van der Waals surface area contributed by atoms with Crippen LogP contribution < -0.4 is 21.7 Å². The van der Waals surface area contributed by atoms with Gasteiger partial charge >= 0.3 is 23.1 Å². The Hall–Kier alpha value is -0.224. The van der Waals surface area contributed by atoms with Gasteiger partial charge in [-0.25, -0.2) is 0 Å². The minimum atomic E-state index is 0. The summed E-state index contributed by atoms with van der Waals surface area (Å²) in [5.74, 6) is 0.669. The molecule has 2 rings (SSSR count). The number of rotatable bonds is 3. The van der Waals surface area contributed by atoms with Gasteiger partial charge in [0, 0.05) is 5.75 Å². The van der Waals surface area contributed by atoms with Gasteiger partial charge in [0.25, 0.3) is 0 Å². The molecule has 0 heterocycles. The summed E-state index contributed by atoms with van der Waals surface area (Å²) in [5, 5.41) is 0.615. The van der Waals surface area contributed by atoms with Crippen LogP contribution in [-0.4, -0.2) is 23.1 Å². The molecule has 0 unspecified atom stereocenters. The topological polar surface area (TPSA) is 9.23 Å². The minimum absolute atomic E-state index is 0. The zero-order chi connectivity index (χ0) is 10.5. The van der Waals surface area contributed by atoms with Crippen LogP contribution in [0.5, 0.6) is 5.75 Å². The first kappa shape index (κ1) is 16.8. The summed E-state index contributed by atoms with van der Waals surface area (Å²) < 4.78 is 5.56. The molecule has 0 saturated heterocycles. The van der Waals surface area contributed by atoms with E-state index in [1.165, 1.54) is 0 Å². The van der Waals surface area contributed by atoms with Crippen LogP contribution in [0.1, 0.15) is 5.56 Å². The zero-order valence-electron chi connectivity index (χ0n) is 9.20. The van der Waals surface area contributed by atoms with Gasteiger partial charge < -0.3 is 21.7 Å². The van der Waals surface area contributed by atoms with Crippen molar-refractivity contribution in [2.24, 2.45) is 0 Å². The summed E-state index contributed by atoms with van der Waals surface area (Å²) in [7, 11) is 0. The normalized spacial score (nSPS) is 8.76. The predicted molar refractivity (Wildman–Crippen MR) is 66.8 cm³/mol. The number of hydrogen-bond donors (Lipinski definition) is 0. The molecule has 1 nitrogen and oxygen atoms in total. The average molecular weight is 322 g/mol. The van der Waals surface area contributed by atoms with Gasteiger partial charge in [0.15, 0.2) is 0 Å². The van der Waals surface area contributed by atoms with E-state index in [1.54, 1.807) is 18.2 Å². The Morgan fingerprint density at radius 3 is 2.47 bits per heavy atom. The van der Waals surface area contributed by atoms with E-state index in [4.69, 9.17) is 16.3 Å². The Morgan fingerprint density at radius 1 is 1.12 bits per heavy atom. The molecule has 17 heavy (non-hydrogen) atoms. The smallest absolute Gasteiger partial charge is 1.00 e. The standard InChI is InChI=1S/C13H10ClO.BrH.Mg/c14-12-8-4-5-9-13(12)15-10-11-6-2-1-3-7-11;;/h1-4,6-9H,10H2;1H;/q-1;;+2/p-1. The third-order valence-electron chi connectivity index (χ3n) is 2.01. The molecule has 84 valence electrons. The molecule has 0 aromatic heterocycles. The van der Waals surface area contributed by atoms with Gasteiger partial charge in [-0.1, -0.05) is 30.3 Å². The van der Waals surface area contributed by atoms with E-state index in [2.05, 4.69) is 6.07 Å². The number of ether oxygens (including phenoxy) is 1. The van der Waals surface area contributed by atoms with E-state index in [0.29, 0.717) is 17.4 Å². The van der Waals surface area contributed by atoms with Gasteiger partial charge in [0.1, 0.15) is 0 Å². The van der Waals surface area contributed by atoms with E-state index in [9.17, 15) is 0 Å². The first-order chi connectivity index (χ1) is 7.36. The second kappa shape index (κ2) is 8.81. The zero-order valence-corrected chi connectivity index (χ0v) is 13.0. The summed E-state index contributed by atoms with van der Waals surface area (Å²) in [6.07, 6.45) is 0. The second-order valence-electron chi connectivity index (χ2n) is 3.13. The minimum Gasteiger partial charge on any atom is -1.00 e. The van der Waals surface area contributed by atoms with Crippen molar-refractivity contribution in [3.8, 4) is 5.75 Å². The van der Waals surface area contributed by atoms with Crippen LogP contribution in [0.15, 0.2) is 48.5 Å². The van der Waals surface area contributed by atoms with Crippen LogP contribution in [0.25, 0.3) is 0 Å². The van der Waals surface area contributed by atoms with Crippen molar-refractivity contribution in [2.75, 3.05) is 0 Å². The van der Waals surface area contributed by atoms with Gasteiger partial charge in [-0.2, -0.15) is 12.1 Å². The fourth-order valence-electron chi connectivity index (χ4n) is 1.24. The predicted octanol–water partition coefficient (Wildman–Crippen LogP) is 0.342. The van der Waals surface area contributed by atoms with E-state index in [1.807, 2.05) is 30.3 Å². The van der Waals surface area contributed by atoms with Crippen molar-refractivity contribution < 1.29 is 21.7 Å². The van der Waals surface area contributed by atoms with E-state index in [0.717, 1.165) is 5.56 Å². The number of halogens is 2.